The zero-order valence-electron chi connectivity index (χ0n) is 14.2. The van der Waals surface area contributed by atoms with Crippen molar-refractivity contribution in [3.05, 3.63) is 42.0 Å². The first-order valence-corrected chi connectivity index (χ1v) is 8.39. The highest BCUT2D eigenvalue weighted by molar-refractivity contribution is 5.88. The summed E-state index contributed by atoms with van der Waals surface area (Å²) in [7, 11) is 1.65. The number of benzene rings is 2. The monoisotopic (exact) mass is 328 g/mol. The second-order valence-corrected chi connectivity index (χ2v) is 5.94. The average molecular weight is 328 g/mol. The summed E-state index contributed by atoms with van der Waals surface area (Å²) in [6.45, 7) is 5.59. The molecule has 1 aliphatic rings. The average Bonchev–Trinajstić information content (AvgIpc) is 2.65. The Bertz CT molecular complexity index is 717. The molecule has 5 nitrogen and oxygen atoms in total. The molecule has 2 aromatic rings. The van der Waals surface area contributed by atoms with E-state index in [2.05, 4.69) is 29.3 Å². The van der Waals surface area contributed by atoms with E-state index in [1.165, 1.54) is 0 Å². The summed E-state index contributed by atoms with van der Waals surface area (Å²) in [5.41, 5.74) is 0.993. The van der Waals surface area contributed by atoms with Crippen LogP contribution in [-0.2, 0) is 16.1 Å². The van der Waals surface area contributed by atoms with Crippen molar-refractivity contribution in [2.45, 2.75) is 19.6 Å². The van der Waals surface area contributed by atoms with Gasteiger partial charge in [-0.05, 0) is 23.4 Å². The van der Waals surface area contributed by atoms with Crippen molar-refractivity contribution in [1.29, 1.82) is 0 Å². The number of likely N-dealkylation sites (N-methyl/N-ethyl adjacent to an activating group) is 1. The van der Waals surface area contributed by atoms with Crippen molar-refractivity contribution in [1.82, 2.24) is 10.2 Å². The standard InChI is InChI=1S/C19H24N2O3/c1-3-21-10-11-24-18(13-21)19(22)20-12-16-15-7-5-4-6-14(15)8-9-17(16)23-2/h4-9,18H,3,10-13H2,1-2H3,(H,20,22). The number of amides is 1. The number of carbonyl (C=O) groups is 1. The van der Waals surface area contributed by atoms with Gasteiger partial charge < -0.3 is 14.8 Å². The molecule has 0 saturated carbocycles. The van der Waals surface area contributed by atoms with E-state index < -0.39 is 6.10 Å². The summed E-state index contributed by atoms with van der Waals surface area (Å²) in [5, 5.41) is 5.24. The van der Waals surface area contributed by atoms with Gasteiger partial charge in [-0.2, -0.15) is 0 Å². The molecule has 5 heteroatoms. The summed E-state index contributed by atoms with van der Waals surface area (Å²) in [4.78, 5) is 14.7. The van der Waals surface area contributed by atoms with E-state index in [1.54, 1.807) is 7.11 Å². The Labute approximate surface area is 142 Å². The number of morpholine rings is 1. The highest BCUT2D eigenvalue weighted by Gasteiger charge is 2.25. The Balaban J connectivity index is 1.74. The van der Waals surface area contributed by atoms with E-state index in [0.717, 1.165) is 35.2 Å². The number of fused-ring (bicyclic) bond motifs is 1. The van der Waals surface area contributed by atoms with Crippen molar-refractivity contribution in [3.63, 3.8) is 0 Å². The smallest absolute Gasteiger partial charge is 0.250 e. The minimum Gasteiger partial charge on any atom is -0.496 e. The van der Waals surface area contributed by atoms with E-state index in [9.17, 15) is 4.79 Å². The summed E-state index contributed by atoms with van der Waals surface area (Å²) in [6.07, 6.45) is -0.403. The lowest BCUT2D eigenvalue weighted by molar-refractivity contribution is -0.138. The van der Waals surface area contributed by atoms with Crippen molar-refractivity contribution in [3.8, 4) is 5.75 Å². The predicted octanol–water partition coefficient (Wildman–Crippen LogP) is 2.19. The lowest BCUT2D eigenvalue weighted by atomic mass is 10.0. The van der Waals surface area contributed by atoms with E-state index in [0.29, 0.717) is 19.7 Å². The van der Waals surface area contributed by atoms with Crippen LogP contribution in [0.2, 0.25) is 0 Å². The van der Waals surface area contributed by atoms with Crippen LogP contribution in [0, 0.1) is 0 Å². The molecular formula is C19H24N2O3. The minimum atomic E-state index is -0.403. The van der Waals surface area contributed by atoms with Crippen LogP contribution in [0.5, 0.6) is 5.75 Å². The summed E-state index contributed by atoms with van der Waals surface area (Å²) < 4.78 is 11.1. The molecule has 1 amide bonds. The minimum absolute atomic E-state index is 0.0665. The maximum Gasteiger partial charge on any atom is 0.250 e. The Morgan fingerprint density at radius 3 is 2.96 bits per heavy atom. The topological polar surface area (TPSA) is 50.8 Å². The number of nitrogens with zero attached hydrogens (tertiary/aromatic N) is 1. The molecule has 1 fully saturated rings. The molecule has 24 heavy (non-hydrogen) atoms. The van der Waals surface area contributed by atoms with Crippen LogP contribution < -0.4 is 10.1 Å². The predicted molar refractivity (Wildman–Crippen MR) is 94.2 cm³/mol. The lowest BCUT2D eigenvalue weighted by Crippen LogP contribution is -2.49. The van der Waals surface area contributed by atoms with Crippen molar-refractivity contribution >= 4 is 16.7 Å². The van der Waals surface area contributed by atoms with Gasteiger partial charge in [0.15, 0.2) is 0 Å². The number of hydrogen-bond donors (Lipinski definition) is 1. The van der Waals surface area contributed by atoms with E-state index >= 15 is 0 Å². The second kappa shape index (κ2) is 7.64. The highest BCUT2D eigenvalue weighted by atomic mass is 16.5. The van der Waals surface area contributed by atoms with E-state index in [-0.39, 0.29) is 5.91 Å². The van der Waals surface area contributed by atoms with Gasteiger partial charge >= 0.3 is 0 Å². The van der Waals surface area contributed by atoms with Gasteiger partial charge in [0.1, 0.15) is 11.9 Å². The Hall–Kier alpha value is -2.11. The van der Waals surface area contributed by atoms with Gasteiger partial charge in [0.05, 0.1) is 13.7 Å². The third-order valence-electron chi connectivity index (χ3n) is 4.55. The molecule has 0 spiro atoms. The highest BCUT2D eigenvalue weighted by Crippen LogP contribution is 2.27. The second-order valence-electron chi connectivity index (χ2n) is 5.94. The largest absolute Gasteiger partial charge is 0.496 e. The van der Waals surface area contributed by atoms with Crippen LogP contribution in [0.1, 0.15) is 12.5 Å². The summed E-state index contributed by atoms with van der Waals surface area (Å²) in [5.74, 6) is 0.719. The fourth-order valence-corrected chi connectivity index (χ4v) is 3.13. The summed E-state index contributed by atoms with van der Waals surface area (Å²) >= 11 is 0. The van der Waals surface area contributed by atoms with Crippen LogP contribution in [0.4, 0.5) is 0 Å². The van der Waals surface area contributed by atoms with Crippen LogP contribution in [0.15, 0.2) is 36.4 Å². The molecular weight excluding hydrogens is 304 g/mol. The first-order valence-electron chi connectivity index (χ1n) is 8.39. The molecule has 2 aromatic carbocycles. The van der Waals surface area contributed by atoms with Crippen molar-refractivity contribution in [2.75, 3.05) is 33.4 Å². The molecule has 128 valence electrons. The molecule has 1 atom stereocenters. The van der Waals surface area contributed by atoms with Gasteiger partial charge in [-0.15, -0.1) is 0 Å². The molecule has 1 saturated heterocycles. The quantitative estimate of drug-likeness (QED) is 0.914. The molecule has 1 N–H and O–H groups in total. The van der Waals surface area contributed by atoms with E-state index in [1.807, 2.05) is 24.3 Å². The molecule has 0 aliphatic carbocycles. The van der Waals surface area contributed by atoms with Gasteiger partial charge in [-0.25, -0.2) is 0 Å². The lowest BCUT2D eigenvalue weighted by Gasteiger charge is -2.31. The Morgan fingerprint density at radius 1 is 1.33 bits per heavy atom. The number of carbonyl (C=O) groups excluding carboxylic acids is 1. The zero-order valence-corrected chi connectivity index (χ0v) is 14.2. The van der Waals surface area contributed by atoms with Crippen LogP contribution >= 0.6 is 0 Å². The third-order valence-corrected chi connectivity index (χ3v) is 4.55. The Morgan fingerprint density at radius 2 is 2.17 bits per heavy atom. The first kappa shape index (κ1) is 16.7. The van der Waals surface area contributed by atoms with Gasteiger partial charge in [0.2, 0.25) is 0 Å². The van der Waals surface area contributed by atoms with Crippen molar-refractivity contribution < 1.29 is 14.3 Å². The fraction of sp³-hybridized carbons (Fsp3) is 0.421. The van der Waals surface area contributed by atoms with Gasteiger partial charge in [-0.1, -0.05) is 37.3 Å². The number of nitrogens with one attached hydrogen (secondary N) is 1. The fourth-order valence-electron chi connectivity index (χ4n) is 3.13. The molecule has 3 rings (SSSR count). The molecule has 1 heterocycles. The number of rotatable bonds is 5. The SMILES string of the molecule is CCN1CCOC(C(=O)NCc2c(OC)ccc3ccccc23)C1. The van der Waals surface area contributed by atoms with Gasteiger partial charge in [0, 0.05) is 25.2 Å². The number of methoxy groups -OCH3 is 1. The summed E-state index contributed by atoms with van der Waals surface area (Å²) in [6, 6.07) is 12.1. The maximum atomic E-state index is 12.5. The molecule has 0 aromatic heterocycles. The molecule has 0 bridgehead atoms. The zero-order chi connectivity index (χ0) is 16.9. The molecule has 1 unspecified atom stereocenters. The third kappa shape index (κ3) is 3.52. The molecule has 1 aliphatic heterocycles. The van der Waals surface area contributed by atoms with Crippen LogP contribution in [0.3, 0.4) is 0 Å². The first-order chi connectivity index (χ1) is 11.7. The number of ether oxygens (including phenoxy) is 2. The molecule has 0 radical (unpaired) electrons. The maximum absolute atomic E-state index is 12.5. The van der Waals surface area contributed by atoms with Crippen molar-refractivity contribution in [2.24, 2.45) is 0 Å². The normalized spacial score (nSPS) is 18.5. The van der Waals surface area contributed by atoms with Gasteiger partial charge in [0.25, 0.3) is 5.91 Å². The van der Waals surface area contributed by atoms with E-state index in [4.69, 9.17) is 9.47 Å². The van der Waals surface area contributed by atoms with Crippen LogP contribution in [-0.4, -0.2) is 50.3 Å². The van der Waals surface area contributed by atoms with Gasteiger partial charge in [-0.3, -0.25) is 9.69 Å². The van der Waals surface area contributed by atoms with Crippen LogP contribution in [0.25, 0.3) is 10.8 Å². The number of hydrogen-bond acceptors (Lipinski definition) is 4. The Kier molecular flexibility index (Phi) is 5.33.